The topological polar surface area (TPSA) is 55.4 Å². The molecule has 1 aliphatic rings. The number of esters is 1. The maximum Gasteiger partial charge on any atom is 0.337 e. The molecule has 0 spiro atoms. The van der Waals surface area contributed by atoms with Crippen LogP contribution in [0.5, 0.6) is 0 Å². The molecule has 1 fully saturated rings. The number of rotatable bonds is 3. The van der Waals surface area contributed by atoms with Gasteiger partial charge in [0, 0.05) is 11.6 Å². The number of anilines is 1. The van der Waals surface area contributed by atoms with Crippen molar-refractivity contribution in [3.63, 3.8) is 0 Å². The van der Waals surface area contributed by atoms with Crippen LogP contribution < -0.4 is 5.32 Å². The first-order valence-electron chi connectivity index (χ1n) is 6.02. The van der Waals surface area contributed by atoms with E-state index >= 15 is 0 Å². The molecular formula is C14H17NO3. The molecule has 0 radical (unpaired) electrons. The van der Waals surface area contributed by atoms with Gasteiger partial charge in [0.1, 0.15) is 0 Å². The molecule has 1 saturated carbocycles. The van der Waals surface area contributed by atoms with Crippen molar-refractivity contribution in [2.24, 2.45) is 11.8 Å². The Kier molecular flexibility index (Phi) is 3.36. The van der Waals surface area contributed by atoms with Gasteiger partial charge in [-0.25, -0.2) is 4.79 Å². The van der Waals surface area contributed by atoms with E-state index in [-0.39, 0.29) is 17.8 Å². The van der Waals surface area contributed by atoms with Crippen LogP contribution in [0.1, 0.15) is 29.3 Å². The van der Waals surface area contributed by atoms with Crippen LogP contribution in [0.3, 0.4) is 0 Å². The highest BCUT2D eigenvalue weighted by atomic mass is 16.5. The van der Waals surface area contributed by atoms with Crippen LogP contribution in [0.2, 0.25) is 0 Å². The summed E-state index contributed by atoms with van der Waals surface area (Å²) in [6.45, 7) is 3.93. The molecule has 0 heterocycles. The molecular weight excluding hydrogens is 230 g/mol. The van der Waals surface area contributed by atoms with Crippen molar-refractivity contribution in [1.29, 1.82) is 0 Å². The van der Waals surface area contributed by atoms with Gasteiger partial charge in [0.2, 0.25) is 5.91 Å². The minimum absolute atomic E-state index is 0.0661. The predicted octanol–water partition coefficient (Wildman–Crippen LogP) is 2.38. The summed E-state index contributed by atoms with van der Waals surface area (Å²) >= 11 is 0. The Hall–Kier alpha value is -1.84. The Labute approximate surface area is 106 Å². The van der Waals surface area contributed by atoms with Crippen LogP contribution >= 0.6 is 0 Å². The summed E-state index contributed by atoms with van der Waals surface area (Å²) < 4.78 is 4.65. The van der Waals surface area contributed by atoms with E-state index in [2.05, 4.69) is 17.0 Å². The van der Waals surface area contributed by atoms with Crippen molar-refractivity contribution in [2.45, 2.75) is 20.3 Å². The Morgan fingerprint density at radius 3 is 2.56 bits per heavy atom. The fourth-order valence-electron chi connectivity index (χ4n) is 1.96. The second-order valence-corrected chi connectivity index (χ2v) is 4.83. The fraction of sp³-hybridized carbons (Fsp3) is 0.429. The summed E-state index contributed by atoms with van der Waals surface area (Å²) in [5.41, 5.74) is 2.11. The van der Waals surface area contributed by atoms with Gasteiger partial charge in [-0.2, -0.15) is 0 Å². The smallest absolute Gasteiger partial charge is 0.337 e. The van der Waals surface area contributed by atoms with Crippen LogP contribution in [0.15, 0.2) is 18.2 Å². The fourth-order valence-corrected chi connectivity index (χ4v) is 1.96. The van der Waals surface area contributed by atoms with Crippen molar-refractivity contribution in [1.82, 2.24) is 0 Å². The number of carbonyl (C=O) groups is 2. The summed E-state index contributed by atoms with van der Waals surface area (Å²) in [7, 11) is 1.35. The Morgan fingerprint density at radius 2 is 2.06 bits per heavy atom. The van der Waals surface area contributed by atoms with Crippen LogP contribution in [0.4, 0.5) is 5.69 Å². The largest absolute Gasteiger partial charge is 0.465 e. The molecule has 2 rings (SSSR count). The Balaban J connectivity index is 2.10. The first kappa shape index (κ1) is 12.6. The summed E-state index contributed by atoms with van der Waals surface area (Å²) in [5, 5.41) is 2.90. The number of ether oxygens (including phenoxy) is 1. The predicted molar refractivity (Wildman–Crippen MR) is 68.4 cm³/mol. The van der Waals surface area contributed by atoms with E-state index in [1.54, 1.807) is 18.2 Å². The highest BCUT2D eigenvalue weighted by Gasteiger charge is 2.39. The van der Waals surface area contributed by atoms with Gasteiger partial charge < -0.3 is 10.1 Å². The molecule has 2 atom stereocenters. The van der Waals surface area contributed by atoms with E-state index in [1.807, 2.05) is 6.92 Å². The summed E-state index contributed by atoms with van der Waals surface area (Å²) in [6.07, 6.45) is 0.963. The Bertz CT molecular complexity index is 496. The lowest BCUT2D eigenvalue weighted by Crippen LogP contribution is -2.15. The van der Waals surface area contributed by atoms with Gasteiger partial charge in [-0.1, -0.05) is 6.92 Å². The van der Waals surface area contributed by atoms with E-state index in [4.69, 9.17) is 0 Å². The average molecular weight is 247 g/mol. The van der Waals surface area contributed by atoms with Crippen molar-refractivity contribution >= 4 is 17.6 Å². The molecule has 0 aliphatic heterocycles. The third-order valence-corrected chi connectivity index (χ3v) is 3.35. The van der Waals surface area contributed by atoms with Gasteiger partial charge in [0.25, 0.3) is 0 Å². The van der Waals surface area contributed by atoms with Gasteiger partial charge >= 0.3 is 5.97 Å². The summed E-state index contributed by atoms with van der Waals surface area (Å²) in [6, 6.07) is 5.12. The van der Waals surface area contributed by atoms with Crippen LogP contribution in [0, 0.1) is 18.8 Å². The van der Waals surface area contributed by atoms with Crippen molar-refractivity contribution in [2.75, 3.05) is 12.4 Å². The maximum absolute atomic E-state index is 11.8. The highest BCUT2D eigenvalue weighted by molar-refractivity contribution is 5.96. The maximum atomic E-state index is 11.8. The molecule has 1 aromatic rings. The summed E-state index contributed by atoms with van der Waals surface area (Å²) in [4.78, 5) is 23.2. The van der Waals surface area contributed by atoms with E-state index in [9.17, 15) is 9.59 Å². The molecule has 4 nitrogen and oxygen atoms in total. The van der Waals surface area contributed by atoms with Crippen LogP contribution in [-0.4, -0.2) is 19.0 Å². The zero-order valence-corrected chi connectivity index (χ0v) is 10.8. The molecule has 18 heavy (non-hydrogen) atoms. The zero-order valence-electron chi connectivity index (χ0n) is 10.8. The molecule has 1 N–H and O–H groups in total. The normalized spacial score (nSPS) is 21.3. The molecule has 1 aromatic carbocycles. The van der Waals surface area contributed by atoms with Gasteiger partial charge in [-0.3, -0.25) is 4.79 Å². The van der Waals surface area contributed by atoms with Gasteiger partial charge in [0.05, 0.1) is 12.7 Å². The van der Waals surface area contributed by atoms with E-state index in [0.717, 1.165) is 17.7 Å². The number of hydrogen-bond acceptors (Lipinski definition) is 3. The minimum Gasteiger partial charge on any atom is -0.465 e. The molecule has 1 aliphatic carbocycles. The second kappa shape index (κ2) is 4.80. The molecule has 0 saturated heterocycles. The third-order valence-electron chi connectivity index (χ3n) is 3.35. The molecule has 0 unspecified atom stereocenters. The highest BCUT2D eigenvalue weighted by Crippen LogP contribution is 2.38. The average Bonchev–Trinajstić information content (AvgIpc) is 3.08. The number of hydrogen-bond donors (Lipinski definition) is 1. The molecule has 96 valence electrons. The number of aryl methyl sites for hydroxylation is 1. The minimum atomic E-state index is -0.369. The molecule has 0 bridgehead atoms. The molecule has 4 heteroatoms. The van der Waals surface area contributed by atoms with E-state index in [0.29, 0.717) is 11.5 Å². The van der Waals surface area contributed by atoms with Gasteiger partial charge in [-0.05, 0) is 43.0 Å². The van der Waals surface area contributed by atoms with Crippen LogP contribution in [-0.2, 0) is 9.53 Å². The van der Waals surface area contributed by atoms with Gasteiger partial charge in [0.15, 0.2) is 0 Å². The Morgan fingerprint density at radius 1 is 1.39 bits per heavy atom. The standard InChI is InChI=1S/C14H17NO3/c1-8-7-11(8)13(16)15-12-5-4-10(6-9(12)2)14(17)18-3/h4-6,8,11H,7H2,1-3H3,(H,15,16)/t8-,11-/m1/s1. The van der Waals surface area contributed by atoms with Crippen molar-refractivity contribution < 1.29 is 14.3 Å². The van der Waals surface area contributed by atoms with E-state index < -0.39 is 0 Å². The lowest BCUT2D eigenvalue weighted by atomic mass is 10.1. The van der Waals surface area contributed by atoms with Gasteiger partial charge in [-0.15, -0.1) is 0 Å². The van der Waals surface area contributed by atoms with Crippen LogP contribution in [0.25, 0.3) is 0 Å². The molecule has 1 amide bonds. The SMILES string of the molecule is COC(=O)c1ccc(NC(=O)[C@@H]2C[C@H]2C)c(C)c1. The summed E-state index contributed by atoms with van der Waals surface area (Å²) in [5.74, 6) is 0.326. The number of carbonyl (C=O) groups excluding carboxylic acids is 2. The second-order valence-electron chi connectivity index (χ2n) is 4.83. The monoisotopic (exact) mass is 247 g/mol. The first-order valence-corrected chi connectivity index (χ1v) is 6.02. The van der Waals surface area contributed by atoms with Crippen molar-refractivity contribution in [3.8, 4) is 0 Å². The first-order chi connectivity index (χ1) is 8.52. The third kappa shape index (κ3) is 2.53. The number of benzene rings is 1. The van der Waals surface area contributed by atoms with Crippen molar-refractivity contribution in [3.05, 3.63) is 29.3 Å². The number of amides is 1. The lowest BCUT2D eigenvalue weighted by molar-refractivity contribution is -0.117. The number of nitrogens with one attached hydrogen (secondary N) is 1. The zero-order chi connectivity index (χ0) is 13.3. The number of methoxy groups -OCH3 is 1. The van der Waals surface area contributed by atoms with E-state index in [1.165, 1.54) is 7.11 Å². The quantitative estimate of drug-likeness (QED) is 0.834. The lowest BCUT2D eigenvalue weighted by Gasteiger charge is -2.09. The molecule has 0 aromatic heterocycles.